The Labute approximate surface area is 181 Å². The third kappa shape index (κ3) is 6.97. The highest BCUT2D eigenvalue weighted by atomic mass is 79.9. The lowest BCUT2D eigenvalue weighted by molar-refractivity contribution is -0.119. The molecular formula is C21H26BrN3O3S. The molecule has 0 atom stereocenters. The first kappa shape index (κ1) is 23.1. The molecule has 0 unspecified atom stereocenters. The maximum Gasteiger partial charge on any atom is 0.260 e. The van der Waals surface area contributed by atoms with Crippen molar-refractivity contribution in [2.45, 2.75) is 32.6 Å². The fourth-order valence-electron chi connectivity index (χ4n) is 3.03. The van der Waals surface area contributed by atoms with Gasteiger partial charge in [-0.3, -0.25) is 9.10 Å². The number of rotatable bonds is 8. The largest absolute Gasteiger partial charge is 0.271 e. The van der Waals surface area contributed by atoms with Gasteiger partial charge in [-0.25, -0.2) is 13.8 Å². The van der Waals surface area contributed by atoms with E-state index in [-0.39, 0.29) is 12.0 Å². The van der Waals surface area contributed by atoms with Crippen LogP contribution in [0.1, 0.15) is 32.8 Å². The zero-order chi connectivity index (χ0) is 21.7. The van der Waals surface area contributed by atoms with Crippen LogP contribution in [0.25, 0.3) is 0 Å². The molecule has 8 heteroatoms. The van der Waals surface area contributed by atoms with Crippen molar-refractivity contribution >= 4 is 43.3 Å². The van der Waals surface area contributed by atoms with E-state index in [0.717, 1.165) is 20.7 Å². The van der Waals surface area contributed by atoms with Crippen LogP contribution in [-0.4, -0.2) is 32.8 Å². The van der Waals surface area contributed by atoms with Crippen LogP contribution in [0.4, 0.5) is 5.69 Å². The number of anilines is 1. The molecule has 0 heterocycles. The number of nitrogens with zero attached hydrogens (tertiary/aromatic N) is 2. The fourth-order valence-corrected chi connectivity index (χ4v) is 4.26. The predicted molar refractivity (Wildman–Crippen MR) is 122 cm³/mol. The fraction of sp³-hybridized carbons (Fsp3) is 0.333. The van der Waals surface area contributed by atoms with E-state index in [4.69, 9.17) is 0 Å². The first-order chi connectivity index (χ1) is 13.5. The van der Waals surface area contributed by atoms with Gasteiger partial charge in [0.1, 0.15) is 6.54 Å². The van der Waals surface area contributed by atoms with Gasteiger partial charge in [0.25, 0.3) is 5.91 Å². The second-order valence-electron chi connectivity index (χ2n) is 7.56. The highest BCUT2D eigenvalue weighted by Gasteiger charge is 2.23. The van der Waals surface area contributed by atoms with Crippen molar-refractivity contribution in [1.29, 1.82) is 0 Å². The molecule has 0 aromatic heterocycles. The number of nitrogens with one attached hydrogen (secondary N) is 1. The van der Waals surface area contributed by atoms with E-state index >= 15 is 0 Å². The molecule has 2 rings (SSSR count). The Bertz CT molecular complexity index is 989. The Morgan fingerprint density at radius 1 is 1.14 bits per heavy atom. The number of hydrazone groups is 1. The molecule has 1 N–H and O–H groups in total. The van der Waals surface area contributed by atoms with Gasteiger partial charge in [-0.2, -0.15) is 5.10 Å². The maximum atomic E-state index is 12.4. The van der Waals surface area contributed by atoms with Crippen LogP contribution in [0.2, 0.25) is 0 Å². The number of sulfonamides is 1. The van der Waals surface area contributed by atoms with Crippen molar-refractivity contribution in [3.63, 3.8) is 0 Å². The molecule has 0 aliphatic rings. The molecular weight excluding hydrogens is 454 g/mol. The van der Waals surface area contributed by atoms with Crippen molar-refractivity contribution < 1.29 is 13.2 Å². The van der Waals surface area contributed by atoms with Crippen LogP contribution < -0.4 is 9.73 Å². The number of carbonyl (C=O) groups excluding carboxylic acids is 1. The number of halogens is 1. The number of amides is 1. The molecule has 1 amide bonds. The van der Waals surface area contributed by atoms with Gasteiger partial charge in [0, 0.05) is 10.2 Å². The lowest BCUT2D eigenvalue weighted by Gasteiger charge is -2.25. The van der Waals surface area contributed by atoms with E-state index in [9.17, 15) is 13.2 Å². The monoisotopic (exact) mass is 479 g/mol. The summed E-state index contributed by atoms with van der Waals surface area (Å²) in [5, 5.41) is 4.17. The van der Waals surface area contributed by atoms with E-state index in [1.807, 2.05) is 25.1 Å². The summed E-state index contributed by atoms with van der Waals surface area (Å²) in [7, 11) is -3.63. The molecule has 156 valence electrons. The smallest absolute Gasteiger partial charge is 0.260 e. The van der Waals surface area contributed by atoms with Crippen LogP contribution in [0.15, 0.2) is 64.2 Å². The molecule has 0 saturated heterocycles. The molecule has 2 aromatic rings. The van der Waals surface area contributed by atoms with Gasteiger partial charge >= 0.3 is 0 Å². The molecule has 6 nitrogen and oxygen atoms in total. The predicted octanol–water partition coefficient (Wildman–Crippen LogP) is 4.08. The summed E-state index contributed by atoms with van der Waals surface area (Å²) in [6, 6.07) is 16.9. The minimum atomic E-state index is -3.63. The minimum absolute atomic E-state index is 0.144. The van der Waals surface area contributed by atoms with Crippen LogP contribution in [0.5, 0.6) is 0 Å². The Hall–Kier alpha value is -2.19. The Morgan fingerprint density at radius 3 is 2.38 bits per heavy atom. The molecule has 29 heavy (non-hydrogen) atoms. The molecule has 0 fully saturated rings. The number of hydrogen-bond donors (Lipinski definition) is 1. The molecule has 2 aromatic carbocycles. The zero-order valence-electron chi connectivity index (χ0n) is 17.0. The van der Waals surface area contributed by atoms with Crippen LogP contribution in [-0.2, 0) is 20.2 Å². The molecule has 0 aliphatic carbocycles. The van der Waals surface area contributed by atoms with Gasteiger partial charge in [-0.15, -0.1) is 0 Å². The third-order valence-electron chi connectivity index (χ3n) is 4.41. The van der Waals surface area contributed by atoms with E-state index in [1.54, 1.807) is 24.3 Å². The Morgan fingerprint density at radius 2 is 1.79 bits per heavy atom. The summed E-state index contributed by atoms with van der Waals surface area (Å²) in [4.78, 5) is 12.4. The highest BCUT2D eigenvalue weighted by molar-refractivity contribution is 9.10. The highest BCUT2D eigenvalue weighted by Crippen LogP contribution is 2.27. The van der Waals surface area contributed by atoms with Crippen molar-refractivity contribution in [1.82, 2.24) is 5.43 Å². The van der Waals surface area contributed by atoms with Crippen LogP contribution >= 0.6 is 15.9 Å². The van der Waals surface area contributed by atoms with Crippen molar-refractivity contribution in [2.75, 3.05) is 17.1 Å². The van der Waals surface area contributed by atoms with E-state index in [1.165, 1.54) is 5.56 Å². The van der Waals surface area contributed by atoms with Crippen molar-refractivity contribution in [3.05, 3.63) is 64.6 Å². The SMILES string of the molecule is C/C(CC(C)(C)c1ccccc1)=N/NC(=O)CN(c1cccc(Br)c1)S(C)(=O)=O. The average Bonchev–Trinajstić information content (AvgIpc) is 2.64. The van der Waals surface area contributed by atoms with Gasteiger partial charge in [0.2, 0.25) is 10.0 Å². The van der Waals surface area contributed by atoms with Gasteiger partial charge in [-0.1, -0.05) is 66.2 Å². The standard InChI is InChI=1S/C21H26BrN3O3S/c1-16(14-21(2,3)17-9-6-5-7-10-17)23-24-20(26)15-25(29(4,27)28)19-12-8-11-18(22)13-19/h5-13H,14-15H2,1-4H3,(H,24,26)/b23-16-. The Kier molecular flexibility index (Phi) is 7.60. The topological polar surface area (TPSA) is 78.8 Å². The zero-order valence-corrected chi connectivity index (χ0v) is 19.4. The summed E-state index contributed by atoms with van der Waals surface area (Å²) >= 11 is 3.32. The van der Waals surface area contributed by atoms with Crippen molar-refractivity contribution in [3.8, 4) is 0 Å². The summed E-state index contributed by atoms with van der Waals surface area (Å²) in [6.45, 7) is 5.71. The maximum absolute atomic E-state index is 12.4. The van der Waals surface area contributed by atoms with E-state index in [0.29, 0.717) is 12.1 Å². The molecule has 0 bridgehead atoms. The number of benzene rings is 2. The van der Waals surface area contributed by atoms with Crippen LogP contribution in [0.3, 0.4) is 0 Å². The van der Waals surface area contributed by atoms with E-state index in [2.05, 4.69) is 52.4 Å². The van der Waals surface area contributed by atoms with Gasteiger partial charge in [0.15, 0.2) is 0 Å². The van der Waals surface area contributed by atoms with Gasteiger partial charge < -0.3 is 0 Å². The molecule has 0 radical (unpaired) electrons. The summed E-state index contributed by atoms with van der Waals surface area (Å²) in [5.74, 6) is -0.507. The molecule has 0 spiro atoms. The third-order valence-corrected chi connectivity index (χ3v) is 6.04. The first-order valence-electron chi connectivity index (χ1n) is 9.10. The second-order valence-corrected chi connectivity index (χ2v) is 10.4. The lowest BCUT2D eigenvalue weighted by Crippen LogP contribution is -2.39. The van der Waals surface area contributed by atoms with Gasteiger partial charge in [0.05, 0.1) is 11.9 Å². The summed E-state index contributed by atoms with van der Waals surface area (Å²) in [5.41, 5.74) is 4.67. The number of carbonyl (C=O) groups is 1. The normalized spacial score (nSPS) is 12.5. The first-order valence-corrected chi connectivity index (χ1v) is 11.7. The minimum Gasteiger partial charge on any atom is -0.271 e. The second kappa shape index (κ2) is 9.54. The lowest BCUT2D eigenvalue weighted by atomic mass is 9.80. The van der Waals surface area contributed by atoms with Gasteiger partial charge in [-0.05, 0) is 42.5 Å². The van der Waals surface area contributed by atoms with E-state index < -0.39 is 15.9 Å². The summed E-state index contributed by atoms with van der Waals surface area (Å²) in [6.07, 6.45) is 1.72. The Balaban J connectivity index is 2.06. The van der Waals surface area contributed by atoms with Crippen molar-refractivity contribution in [2.24, 2.45) is 5.10 Å². The molecule has 0 aliphatic heterocycles. The summed E-state index contributed by atoms with van der Waals surface area (Å²) < 4.78 is 26.1. The quantitative estimate of drug-likeness (QED) is 0.457. The molecule has 0 saturated carbocycles. The number of hydrogen-bond acceptors (Lipinski definition) is 4. The van der Waals surface area contributed by atoms with Crippen LogP contribution in [0, 0.1) is 0 Å². The average molecular weight is 480 g/mol.